The van der Waals surface area contributed by atoms with E-state index in [2.05, 4.69) is 21.5 Å². The van der Waals surface area contributed by atoms with Crippen molar-refractivity contribution < 1.29 is 0 Å². The molecular weight excluding hydrogens is 156 g/mol. The molecule has 0 aliphatic rings. The first-order chi connectivity index (χ1) is 5.83. The van der Waals surface area contributed by atoms with Crippen molar-refractivity contribution in [3.8, 4) is 0 Å². The lowest BCUT2D eigenvalue weighted by atomic mass is 10.5. The molecule has 2 aromatic rings. The van der Waals surface area contributed by atoms with Gasteiger partial charge in [0.05, 0.1) is 6.33 Å². The zero-order valence-corrected chi connectivity index (χ0v) is 6.19. The molecule has 1 N–H and O–H groups in total. The fourth-order valence-electron chi connectivity index (χ4n) is 1.02. The second-order valence-electron chi connectivity index (χ2n) is 2.24. The molecule has 2 heterocycles. The van der Waals surface area contributed by atoms with Crippen molar-refractivity contribution in [1.29, 1.82) is 0 Å². The minimum atomic E-state index is -0.211. The summed E-state index contributed by atoms with van der Waals surface area (Å²) in [5.41, 5.74) is 0.642. The van der Waals surface area contributed by atoms with Gasteiger partial charge in [-0.15, -0.1) is 0 Å². The van der Waals surface area contributed by atoms with Crippen LogP contribution in [-0.2, 0) is 0 Å². The number of aromatic amines is 1. The first-order valence-corrected chi connectivity index (χ1v) is 3.35. The van der Waals surface area contributed by atoms with E-state index in [0.29, 0.717) is 11.2 Å². The molecule has 0 spiro atoms. The molecule has 0 radical (unpaired) electrons. The van der Waals surface area contributed by atoms with Crippen LogP contribution in [0.2, 0.25) is 0 Å². The van der Waals surface area contributed by atoms with Crippen LogP contribution < -0.4 is 5.56 Å². The minimum absolute atomic E-state index is 0.211. The predicted octanol–water partition coefficient (Wildman–Crippen LogP) is 0.220. The molecule has 2 aromatic heterocycles. The summed E-state index contributed by atoms with van der Waals surface area (Å²) in [6, 6.07) is 0. The van der Waals surface area contributed by atoms with Gasteiger partial charge in [0.1, 0.15) is 6.33 Å². The Morgan fingerprint density at radius 1 is 1.58 bits per heavy atom. The molecule has 0 bridgehead atoms. The standard InChI is InChI=1S/C7H6N4O/c1-2-11-4-10-6-5(11)7(12)9-3-8-6/h2-4H,1H2,(H,8,9,12). The van der Waals surface area contributed by atoms with Crippen molar-refractivity contribution >= 4 is 17.4 Å². The van der Waals surface area contributed by atoms with E-state index < -0.39 is 0 Å². The van der Waals surface area contributed by atoms with E-state index in [4.69, 9.17) is 0 Å². The Hall–Kier alpha value is -1.91. The third-order valence-electron chi connectivity index (χ3n) is 1.57. The first-order valence-electron chi connectivity index (χ1n) is 3.35. The second-order valence-corrected chi connectivity index (χ2v) is 2.24. The predicted molar refractivity (Wildman–Crippen MR) is 44.5 cm³/mol. The summed E-state index contributed by atoms with van der Waals surface area (Å²) in [4.78, 5) is 21.5. The van der Waals surface area contributed by atoms with Gasteiger partial charge in [-0.2, -0.15) is 0 Å². The number of hydrogen-bond acceptors (Lipinski definition) is 3. The maximum atomic E-state index is 11.2. The molecule has 5 heteroatoms. The molecule has 5 nitrogen and oxygen atoms in total. The van der Waals surface area contributed by atoms with Crippen LogP contribution in [0.25, 0.3) is 17.4 Å². The zero-order valence-electron chi connectivity index (χ0n) is 6.19. The molecule has 0 saturated heterocycles. The van der Waals surface area contributed by atoms with Crippen molar-refractivity contribution in [1.82, 2.24) is 19.5 Å². The van der Waals surface area contributed by atoms with Crippen LogP contribution >= 0.6 is 0 Å². The van der Waals surface area contributed by atoms with Crippen LogP contribution in [0.5, 0.6) is 0 Å². The molecule has 12 heavy (non-hydrogen) atoms. The van der Waals surface area contributed by atoms with Gasteiger partial charge in [0, 0.05) is 6.20 Å². The monoisotopic (exact) mass is 162 g/mol. The molecule has 0 atom stereocenters. The normalized spacial score (nSPS) is 10.3. The van der Waals surface area contributed by atoms with E-state index in [1.54, 1.807) is 0 Å². The number of fused-ring (bicyclic) bond motifs is 1. The van der Waals surface area contributed by atoms with Gasteiger partial charge in [0.15, 0.2) is 11.2 Å². The van der Waals surface area contributed by atoms with Crippen molar-refractivity contribution in [2.24, 2.45) is 0 Å². The van der Waals surface area contributed by atoms with E-state index >= 15 is 0 Å². The van der Waals surface area contributed by atoms with Crippen molar-refractivity contribution in [3.05, 3.63) is 29.6 Å². The molecule has 2 rings (SSSR count). The van der Waals surface area contributed by atoms with Gasteiger partial charge in [-0.1, -0.05) is 6.58 Å². The number of nitrogens with one attached hydrogen (secondary N) is 1. The van der Waals surface area contributed by atoms with Crippen LogP contribution in [0.4, 0.5) is 0 Å². The largest absolute Gasteiger partial charge is 0.311 e. The van der Waals surface area contributed by atoms with Gasteiger partial charge >= 0.3 is 0 Å². The number of hydrogen-bond donors (Lipinski definition) is 1. The summed E-state index contributed by atoms with van der Waals surface area (Å²) in [5.74, 6) is 0. The number of aromatic nitrogens is 4. The maximum Gasteiger partial charge on any atom is 0.277 e. The Morgan fingerprint density at radius 2 is 2.42 bits per heavy atom. The summed E-state index contributed by atoms with van der Waals surface area (Å²) in [6.07, 6.45) is 4.33. The molecule has 0 fully saturated rings. The number of nitrogens with zero attached hydrogens (tertiary/aromatic N) is 3. The highest BCUT2D eigenvalue weighted by atomic mass is 16.1. The molecule has 60 valence electrons. The highest BCUT2D eigenvalue weighted by Gasteiger charge is 2.03. The van der Waals surface area contributed by atoms with E-state index in [0.717, 1.165) is 0 Å². The summed E-state index contributed by atoms with van der Waals surface area (Å²) in [5, 5.41) is 0. The zero-order chi connectivity index (χ0) is 8.55. The Balaban J connectivity index is 3.02. The smallest absolute Gasteiger partial charge is 0.277 e. The fourth-order valence-corrected chi connectivity index (χ4v) is 1.02. The SMILES string of the molecule is C=Cn1cnc2nc[nH]c(=O)c21. The lowest BCUT2D eigenvalue weighted by Crippen LogP contribution is -2.08. The van der Waals surface area contributed by atoms with Gasteiger partial charge in [-0.3, -0.25) is 4.79 Å². The van der Waals surface area contributed by atoms with Crippen LogP contribution in [0.3, 0.4) is 0 Å². The van der Waals surface area contributed by atoms with Crippen LogP contribution in [0, 0.1) is 0 Å². The van der Waals surface area contributed by atoms with E-state index in [-0.39, 0.29) is 5.56 Å². The number of H-pyrrole nitrogens is 1. The van der Waals surface area contributed by atoms with Crippen LogP contribution in [-0.4, -0.2) is 19.5 Å². The average molecular weight is 162 g/mol. The molecule has 0 unspecified atom stereocenters. The molecule has 0 aromatic carbocycles. The van der Waals surface area contributed by atoms with Gasteiger partial charge in [0.2, 0.25) is 0 Å². The topological polar surface area (TPSA) is 63.6 Å². The quantitative estimate of drug-likeness (QED) is 0.652. The average Bonchev–Trinajstić information content (AvgIpc) is 2.49. The second kappa shape index (κ2) is 2.30. The molecule has 0 saturated carbocycles. The third-order valence-corrected chi connectivity index (χ3v) is 1.57. The lowest BCUT2D eigenvalue weighted by Gasteiger charge is -1.90. The summed E-state index contributed by atoms with van der Waals surface area (Å²) in [6.45, 7) is 3.54. The molecule has 0 aliphatic carbocycles. The Bertz CT molecular complexity index is 481. The third kappa shape index (κ3) is 0.763. The van der Waals surface area contributed by atoms with Crippen molar-refractivity contribution in [3.63, 3.8) is 0 Å². The number of rotatable bonds is 1. The van der Waals surface area contributed by atoms with Gasteiger partial charge in [-0.25, -0.2) is 9.97 Å². The highest BCUT2D eigenvalue weighted by molar-refractivity contribution is 5.71. The minimum Gasteiger partial charge on any atom is -0.311 e. The summed E-state index contributed by atoms with van der Waals surface area (Å²) >= 11 is 0. The first kappa shape index (κ1) is 6.78. The molecule has 0 aliphatic heterocycles. The van der Waals surface area contributed by atoms with Crippen molar-refractivity contribution in [2.45, 2.75) is 0 Å². The van der Waals surface area contributed by atoms with Gasteiger partial charge in [-0.05, 0) is 0 Å². The maximum absolute atomic E-state index is 11.2. The van der Waals surface area contributed by atoms with Crippen LogP contribution in [0.15, 0.2) is 24.0 Å². The lowest BCUT2D eigenvalue weighted by molar-refractivity contribution is 1.13. The number of imidazole rings is 1. The van der Waals surface area contributed by atoms with Gasteiger partial charge in [0.25, 0.3) is 5.56 Å². The van der Waals surface area contributed by atoms with E-state index in [9.17, 15) is 4.79 Å². The van der Waals surface area contributed by atoms with E-state index in [1.807, 2.05) is 0 Å². The van der Waals surface area contributed by atoms with Crippen LogP contribution in [0.1, 0.15) is 0 Å². The summed E-state index contributed by atoms with van der Waals surface area (Å²) in [7, 11) is 0. The molecule has 0 amide bonds. The highest BCUT2D eigenvalue weighted by Crippen LogP contribution is 2.02. The molecular formula is C7H6N4O. The fraction of sp³-hybridized carbons (Fsp3) is 0. The van der Waals surface area contributed by atoms with Gasteiger partial charge < -0.3 is 9.55 Å². The summed E-state index contributed by atoms with van der Waals surface area (Å²) < 4.78 is 1.53. The van der Waals surface area contributed by atoms with E-state index in [1.165, 1.54) is 23.4 Å². The Morgan fingerprint density at radius 3 is 3.17 bits per heavy atom. The van der Waals surface area contributed by atoms with Crippen molar-refractivity contribution in [2.75, 3.05) is 0 Å². The Kier molecular flexibility index (Phi) is 1.30. The Labute approximate surface area is 67.4 Å².